The molecule has 0 spiro atoms. The number of hydrogen-bond donors (Lipinski definition) is 2. The number of rotatable bonds is 8. The van der Waals surface area contributed by atoms with E-state index in [4.69, 9.17) is 5.73 Å². The van der Waals surface area contributed by atoms with Crippen LogP contribution in [-0.2, 0) is 16.8 Å². The second-order valence-electron chi connectivity index (χ2n) is 7.48. The van der Waals surface area contributed by atoms with E-state index in [-0.39, 0.29) is 5.91 Å². The quantitative estimate of drug-likeness (QED) is 0.578. The van der Waals surface area contributed by atoms with E-state index < -0.39 is 5.41 Å². The predicted octanol–water partition coefficient (Wildman–Crippen LogP) is 4.40. The molecule has 1 amide bonds. The van der Waals surface area contributed by atoms with Crippen LogP contribution in [0.25, 0.3) is 11.1 Å². The van der Waals surface area contributed by atoms with E-state index in [2.05, 4.69) is 53.8 Å². The third-order valence-corrected chi connectivity index (χ3v) is 5.81. The Morgan fingerprint density at radius 2 is 1.36 bits per heavy atom. The van der Waals surface area contributed by atoms with E-state index >= 15 is 0 Å². The van der Waals surface area contributed by atoms with Gasteiger partial charge in [-0.1, -0.05) is 85.3 Å². The summed E-state index contributed by atoms with van der Waals surface area (Å²) in [5.41, 5.74) is 11.0. The van der Waals surface area contributed by atoms with Crippen molar-refractivity contribution >= 4 is 5.91 Å². The molecule has 0 unspecified atom stereocenters. The Kier molecular flexibility index (Phi) is 5.27. The summed E-state index contributed by atoms with van der Waals surface area (Å²) in [5.74, 6) is -0.248. The molecule has 28 heavy (non-hydrogen) atoms. The second kappa shape index (κ2) is 7.99. The number of carbonyl (C=O) groups is 1. The zero-order chi connectivity index (χ0) is 19.4. The van der Waals surface area contributed by atoms with Gasteiger partial charge in [0.15, 0.2) is 0 Å². The molecule has 0 heterocycles. The van der Waals surface area contributed by atoms with E-state index in [1.165, 1.54) is 5.56 Å². The van der Waals surface area contributed by atoms with Crippen molar-refractivity contribution in [1.82, 2.24) is 5.32 Å². The molecule has 3 nitrogen and oxygen atoms in total. The lowest BCUT2D eigenvalue weighted by molar-refractivity contribution is -0.122. The molecule has 0 aromatic heterocycles. The molecule has 4 rings (SSSR count). The molecule has 0 saturated heterocycles. The molecule has 0 saturated carbocycles. The molecular weight excluding hydrogens is 344 g/mol. The maximum absolute atomic E-state index is 12.8. The number of nitrogens with one attached hydrogen (secondary N) is 1. The first kappa shape index (κ1) is 18.5. The Labute approximate surface area is 166 Å². The summed E-state index contributed by atoms with van der Waals surface area (Å²) >= 11 is 0. The number of carbonyl (C=O) groups excluding carboxylic acids is 1. The van der Waals surface area contributed by atoms with Gasteiger partial charge in [-0.2, -0.15) is 0 Å². The number of amides is 1. The molecule has 3 N–H and O–H groups in total. The molecular formula is C25H26N2O. The fraction of sp³-hybridized carbons (Fsp3) is 0.240. The van der Waals surface area contributed by atoms with Crippen LogP contribution < -0.4 is 11.1 Å². The lowest BCUT2D eigenvalue weighted by Crippen LogP contribution is -2.40. The molecule has 142 valence electrons. The number of primary amides is 1. The summed E-state index contributed by atoms with van der Waals surface area (Å²) in [7, 11) is 0. The molecule has 0 fully saturated rings. The van der Waals surface area contributed by atoms with Crippen LogP contribution in [0.3, 0.4) is 0 Å². The summed E-state index contributed by atoms with van der Waals surface area (Å²) in [5, 5.41) is 3.49. The van der Waals surface area contributed by atoms with Gasteiger partial charge in [-0.3, -0.25) is 4.79 Å². The fourth-order valence-electron chi connectivity index (χ4n) is 4.45. The number of fused-ring (bicyclic) bond motifs is 3. The SMILES string of the molecule is NC(=O)C1(CCCCNCc2ccccc2)c2ccccc2-c2ccccc21. The number of hydrogen-bond acceptors (Lipinski definition) is 2. The van der Waals surface area contributed by atoms with Crippen LogP contribution >= 0.6 is 0 Å². The maximum Gasteiger partial charge on any atom is 0.232 e. The normalized spacial score (nSPS) is 13.7. The Hall–Kier alpha value is -2.91. The Bertz CT molecular complexity index is 920. The molecule has 3 aromatic rings. The first-order chi connectivity index (χ1) is 13.7. The molecule has 0 aliphatic heterocycles. The highest BCUT2D eigenvalue weighted by molar-refractivity contribution is 5.99. The van der Waals surface area contributed by atoms with Crippen molar-refractivity contribution in [3.05, 3.63) is 95.6 Å². The molecule has 3 heteroatoms. The number of nitrogens with two attached hydrogens (primary N) is 1. The largest absolute Gasteiger partial charge is 0.369 e. The summed E-state index contributed by atoms with van der Waals surface area (Å²) < 4.78 is 0. The van der Waals surface area contributed by atoms with Gasteiger partial charge in [-0.15, -0.1) is 0 Å². The van der Waals surface area contributed by atoms with Gasteiger partial charge in [0.2, 0.25) is 5.91 Å². The number of benzene rings is 3. The van der Waals surface area contributed by atoms with Gasteiger partial charge in [-0.05, 0) is 47.2 Å². The summed E-state index contributed by atoms with van der Waals surface area (Å²) in [6.45, 7) is 1.79. The van der Waals surface area contributed by atoms with Crippen LogP contribution in [-0.4, -0.2) is 12.5 Å². The summed E-state index contributed by atoms with van der Waals surface area (Å²) in [6, 6.07) is 26.8. The van der Waals surface area contributed by atoms with Crippen molar-refractivity contribution in [2.45, 2.75) is 31.2 Å². The van der Waals surface area contributed by atoms with Gasteiger partial charge < -0.3 is 11.1 Å². The van der Waals surface area contributed by atoms with Crippen molar-refractivity contribution in [3.8, 4) is 11.1 Å². The third kappa shape index (κ3) is 3.23. The first-order valence-electron chi connectivity index (χ1n) is 9.97. The van der Waals surface area contributed by atoms with Crippen molar-refractivity contribution in [2.75, 3.05) is 6.54 Å². The van der Waals surface area contributed by atoms with Gasteiger partial charge in [0.1, 0.15) is 0 Å². The minimum absolute atomic E-state index is 0.248. The minimum Gasteiger partial charge on any atom is -0.369 e. The molecule has 0 radical (unpaired) electrons. The van der Waals surface area contributed by atoms with Gasteiger partial charge in [0.05, 0.1) is 5.41 Å². The topological polar surface area (TPSA) is 55.1 Å². The maximum atomic E-state index is 12.8. The highest BCUT2D eigenvalue weighted by atomic mass is 16.1. The van der Waals surface area contributed by atoms with E-state index in [0.29, 0.717) is 0 Å². The molecule has 3 aromatic carbocycles. The lowest BCUT2D eigenvalue weighted by Gasteiger charge is -2.28. The minimum atomic E-state index is -0.716. The van der Waals surface area contributed by atoms with Crippen LogP contribution in [0.15, 0.2) is 78.9 Å². The van der Waals surface area contributed by atoms with Gasteiger partial charge in [0.25, 0.3) is 0 Å². The first-order valence-corrected chi connectivity index (χ1v) is 9.97. The molecule has 0 atom stereocenters. The standard InChI is InChI=1S/C25H26N2O/c26-24(28)25(16-8-9-17-27-18-19-10-2-1-3-11-19)22-14-6-4-12-20(22)21-13-5-7-15-23(21)25/h1-7,10-15,27H,8-9,16-18H2,(H2,26,28). The van der Waals surface area contributed by atoms with E-state index in [1.54, 1.807) is 0 Å². The zero-order valence-electron chi connectivity index (χ0n) is 16.0. The fourth-order valence-corrected chi connectivity index (χ4v) is 4.45. The second-order valence-corrected chi connectivity index (χ2v) is 7.48. The molecule has 1 aliphatic carbocycles. The average molecular weight is 370 g/mol. The van der Waals surface area contributed by atoms with Crippen LogP contribution in [0.4, 0.5) is 0 Å². The van der Waals surface area contributed by atoms with E-state index in [0.717, 1.165) is 54.6 Å². The highest BCUT2D eigenvalue weighted by Gasteiger charge is 2.47. The Morgan fingerprint density at radius 3 is 1.96 bits per heavy atom. The van der Waals surface area contributed by atoms with Gasteiger partial charge >= 0.3 is 0 Å². The van der Waals surface area contributed by atoms with E-state index in [9.17, 15) is 4.79 Å². The van der Waals surface area contributed by atoms with Crippen molar-refractivity contribution < 1.29 is 4.79 Å². The van der Waals surface area contributed by atoms with Crippen molar-refractivity contribution in [1.29, 1.82) is 0 Å². The Morgan fingerprint density at radius 1 is 0.786 bits per heavy atom. The summed E-state index contributed by atoms with van der Waals surface area (Å²) in [6.07, 6.45) is 2.68. The predicted molar refractivity (Wildman–Crippen MR) is 114 cm³/mol. The van der Waals surface area contributed by atoms with Crippen molar-refractivity contribution in [2.24, 2.45) is 5.73 Å². The summed E-state index contributed by atoms with van der Waals surface area (Å²) in [4.78, 5) is 12.8. The van der Waals surface area contributed by atoms with Crippen LogP contribution in [0.1, 0.15) is 36.0 Å². The Balaban J connectivity index is 1.46. The monoisotopic (exact) mass is 370 g/mol. The smallest absolute Gasteiger partial charge is 0.232 e. The van der Waals surface area contributed by atoms with Crippen molar-refractivity contribution in [3.63, 3.8) is 0 Å². The molecule has 1 aliphatic rings. The lowest BCUT2D eigenvalue weighted by atomic mass is 9.73. The van der Waals surface area contributed by atoms with E-state index in [1.807, 2.05) is 30.3 Å². The van der Waals surface area contributed by atoms with Gasteiger partial charge in [-0.25, -0.2) is 0 Å². The average Bonchev–Trinajstić information content (AvgIpc) is 3.03. The zero-order valence-corrected chi connectivity index (χ0v) is 16.0. The third-order valence-electron chi connectivity index (χ3n) is 5.81. The highest BCUT2D eigenvalue weighted by Crippen LogP contribution is 2.51. The van der Waals surface area contributed by atoms with Gasteiger partial charge in [0, 0.05) is 6.54 Å². The van der Waals surface area contributed by atoms with Crippen LogP contribution in [0.2, 0.25) is 0 Å². The van der Waals surface area contributed by atoms with Crippen LogP contribution in [0, 0.1) is 0 Å². The van der Waals surface area contributed by atoms with Crippen LogP contribution in [0.5, 0.6) is 0 Å². The number of unbranched alkanes of at least 4 members (excludes halogenated alkanes) is 1. The molecule has 0 bridgehead atoms.